The SMILES string of the molecule is CC(C)(C)OC(=O)C1CCC(N)(OC(=O)CCCCO[N+](=O)[O-])CC1. The van der Waals surface area contributed by atoms with Crippen LogP contribution in [0.1, 0.15) is 65.7 Å². The van der Waals surface area contributed by atoms with E-state index in [0.29, 0.717) is 38.5 Å². The molecule has 2 N–H and O–H groups in total. The van der Waals surface area contributed by atoms with Crippen molar-refractivity contribution < 1.29 is 29.0 Å². The highest BCUT2D eigenvalue weighted by Gasteiger charge is 2.38. The Morgan fingerprint density at radius 2 is 1.84 bits per heavy atom. The van der Waals surface area contributed by atoms with Crippen molar-refractivity contribution >= 4 is 11.9 Å². The number of nitrogens with two attached hydrogens (primary N) is 1. The highest BCUT2D eigenvalue weighted by Crippen LogP contribution is 2.33. The third-order valence-corrected chi connectivity index (χ3v) is 3.86. The highest BCUT2D eigenvalue weighted by atomic mass is 16.9. The zero-order valence-electron chi connectivity index (χ0n) is 15.1. The molecule has 1 aliphatic carbocycles. The average Bonchev–Trinajstić information content (AvgIpc) is 2.44. The molecule has 1 rings (SSSR count). The molecule has 1 fully saturated rings. The smallest absolute Gasteiger partial charge is 0.309 e. The van der Waals surface area contributed by atoms with Gasteiger partial charge in [0.05, 0.1) is 12.5 Å². The van der Waals surface area contributed by atoms with Crippen LogP contribution < -0.4 is 5.73 Å². The molecule has 0 amide bonds. The molecule has 0 heterocycles. The normalized spacial score (nSPS) is 23.6. The van der Waals surface area contributed by atoms with Gasteiger partial charge in [-0.1, -0.05) is 0 Å². The third-order valence-electron chi connectivity index (χ3n) is 3.86. The minimum atomic E-state index is -1.06. The molecule has 0 aromatic carbocycles. The van der Waals surface area contributed by atoms with Crippen molar-refractivity contribution in [3.05, 3.63) is 10.1 Å². The first-order valence-corrected chi connectivity index (χ1v) is 8.52. The topological polar surface area (TPSA) is 131 Å². The molecular formula is C16H28N2O7. The second-order valence-electron chi connectivity index (χ2n) is 7.36. The van der Waals surface area contributed by atoms with E-state index in [1.54, 1.807) is 0 Å². The number of carbonyl (C=O) groups excluding carboxylic acids is 2. The Balaban J connectivity index is 2.30. The van der Waals surface area contributed by atoms with Crippen LogP contribution in [0.4, 0.5) is 0 Å². The first kappa shape index (κ1) is 21.1. The van der Waals surface area contributed by atoms with E-state index in [0.717, 1.165) is 0 Å². The fourth-order valence-electron chi connectivity index (χ4n) is 2.62. The van der Waals surface area contributed by atoms with Crippen molar-refractivity contribution in [3.8, 4) is 0 Å². The first-order valence-electron chi connectivity index (χ1n) is 8.52. The molecule has 0 spiro atoms. The van der Waals surface area contributed by atoms with E-state index in [2.05, 4.69) is 4.84 Å². The van der Waals surface area contributed by atoms with Crippen molar-refractivity contribution in [2.24, 2.45) is 11.7 Å². The number of esters is 2. The summed E-state index contributed by atoms with van der Waals surface area (Å²) >= 11 is 0. The predicted molar refractivity (Wildman–Crippen MR) is 87.6 cm³/mol. The number of nitrogens with zero attached hydrogens (tertiary/aromatic N) is 1. The molecule has 1 saturated carbocycles. The number of ether oxygens (including phenoxy) is 2. The quantitative estimate of drug-likeness (QED) is 0.229. The van der Waals surface area contributed by atoms with Gasteiger partial charge < -0.3 is 14.3 Å². The molecule has 1 aliphatic rings. The van der Waals surface area contributed by atoms with E-state index in [9.17, 15) is 19.7 Å². The first-order chi connectivity index (χ1) is 11.5. The maximum atomic E-state index is 12.1. The average molecular weight is 360 g/mol. The summed E-state index contributed by atoms with van der Waals surface area (Å²) in [5, 5.41) is 9.13. The van der Waals surface area contributed by atoms with Crippen LogP contribution in [0.25, 0.3) is 0 Å². The van der Waals surface area contributed by atoms with E-state index in [4.69, 9.17) is 15.2 Å². The summed E-state index contributed by atoms with van der Waals surface area (Å²) in [5.41, 5.74) is 4.52. The molecule has 0 bridgehead atoms. The lowest BCUT2D eigenvalue weighted by Gasteiger charge is -2.36. The Hall–Kier alpha value is -1.90. The molecule has 144 valence electrons. The molecule has 0 aromatic heterocycles. The second kappa shape index (κ2) is 8.98. The second-order valence-corrected chi connectivity index (χ2v) is 7.36. The Morgan fingerprint density at radius 3 is 2.36 bits per heavy atom. The van der Waals surface area contributed by atoms with E-state index < -0.39 is 22.4 Å². The summed E-state index contributed by atoms with van der Waals surface area (Å²) < 4.78 is 10.7. The zero-order chi connectivity index (χ0) is 19.1. The van der Waals surface area contributed by atoms with Gasteiger partial charge in [-0.25, -0.2) is 0 Å². The molecule has 0 atom stereocenters. The van der Waals surface area contributed by atoms with E-state index in [1.165, 1.54) is 0 Å². The van der Waals surface area contributed by atoms with Crippen molar-refractivity contribution in [1.82, 2.24) is 0 Å². The van der Waals surface area contributed by atoms with Crippen LogP contribution in [0.5, 0.6) is 0 Å². The minimum absolute atomic E-state index is 0.0500. The van der Waals surface area contributed by atoms with Crippen LogP contribution in [0.3, 0.4) is 0 Å². The van der Waals surface area contributed by atoms with Crippen molar-refractivity contribution in [1.29, 1.82) is 0 Å². The van der Waals surface area contributed by atoms with Gasteiger partial charge in [0.15, 0.2) is 5.72 Å². The van der Waals surface area contributed by atoms with Crippen LogP contribution >= 0.6 is 0 Å². The van der Waals surface area contributed by atoms with Gasteiger partial charge in [0, 0.05) is 19.3 Å². The number of hydrogen-bond acceptors (Lipinski definition) is 8. The lowest BCUT2D eigenvalue weighted by Crippen LogP contribution is -2.48. The van der Waals surface area contributed by atoms with Crippen molar-refractivity contribution in [2.75, 3.05) is 6.61 Å². The van der Waals surface area contributed by atoms with Gasteiger partial charge in [-0.15, -0.1) is 10.1 Å². The largest absolute Gasteiger partial charge is 0.460 e. The maximum absolute atomic E-state index is 12.1. The maximum Gasteiger partial charge on any atom is 0.309 e. The van der Waals surface area contributed by atoms with Gasteiger partial charge in [-0.3, -0.25) is 15.3 Å². The number of carbonyl (C=O) groups is 2. The number of hydrogen-bond donors (Lipinski definition) is 1. The van der Waals surface area contributed by atoms with Gasteiger partial charge >= 0.3 is 11.9 Å². The molecule has 9 heteroatoms. The van der Waals surface area contributed by atoms with Gasteiger partial charge in [-0.05, 0) is 46.5 Å². The van der Waals surface area contributed by atoms with Gasteiger partial charge in [0.25, 0.3) is 5.09 Å². The standard InChI is InChI=1S/C16H28N2O7/c1-15(2,3)25-14(20)12-7-9-16(17,10-8-12)24-13(19)6-4-5-11-23-18(21)22/h12H,4-11,17H2,1-3H3. The lowest BCUT2D eigenvalue weighted by atomic mass is 9.84. The Morgan fingerprint density at radius 1 is 1.24 bits per heavy atom. The molecule has 0 saturated heterocycles. The molecule has 25 heavy (non-hydrogen) atoms. The Bertz CT molecular complexity index is 479. The van der Waals surface area contributed by atoms with Crippen LogP contribution in [0, 0.1) is 16.0 Å². The monoisotopic (exact) mass is 360 g/mol. The minimum Gasteiger partial charge on any atom is -0.460 e. The van der Waals surface area contributed by atoms with Crippen molar-refractivity contribution in [2.45, 2.75) is 77.0 Å². The third kappa shape index (κ3) is 8.67. The highest BCUT2D eigenvalue weighted by molar-refractivity contribution is 5.73. The van der Waals surface area contributed by atoms with Crippen molar-refractivity contribution in [3.63, 3.8) is 0 Å². The lowest BCUT2D eigenvalue weighted by molar-refractivity contribution is -0.757. The van der Waals surface area contributed by atoms with E-state index >= 15 is 0 Å². The number of rotatable bonds is 8. The molecule has 0 radical (unpaired) electrons. The summed E-state index contributed by atoms with van der Waals surface area (Å²) in [6.45, 7) is 5.41. The zero-order valence-corrected chi connectivity index (χ0v) is 15.1. The van der Waals surface area contributed by atoms with Crippen LogP contribution in [-0.4, -0.2) is 35.0 Å². The summed E-state index contributed by atoms with van der Waals surface area (Å²) in [5.74, 6) is -0.917. The Kier molecular flexibility index (Phi) is 7.60. The number of unbranched alkanes of at least 4 members (excludes halogenated alkanes) is 1. The fourth-order valence-corrected chi connectivity index (χ4v) is 2.62. The molecule has 0 aliphatic heterocycles. The van der Waals surface area contributed by atoms with E-state index in [1.807, 2.05) is 20.8 Å². The van der Waals surface area contributed by atoms with Gasteiger partial charge in [0.1, 0.15) is 5.60 Å². The molecule has 0 aromatic rings. The fraction of sp³-hybridized carbons (Fsp3) is 0.875. The summed E-state index contributed by atoms with van der Waals surface area (Å²) in [6, 6.07) is 0. The molecule has 0 unspecified atom stereocenters. The molecular weight excluding hydrogens is 332 g/mol. The predicted octanol–water partition coefficient (Wildman–Crippen LogP) is 2.10. The van der Waals surface area contributed by atoms with Gasteiger partial charge in [0.2, 0.25) is 0 Å². The summed E-state index contributed by atoms with van der Waals surface area (Å²) in [6.07, 6.45) is 2.73. The van der Waals surface area contributed by atoms with E-state index in [-0.39, 0.29) is 24.9 Å². The van der Waals surface area contributed by atoms with Crippen LogP contribution in [0.15, 0.2) is 0 Å². The van der Waals surface area contributed by atoms with Crippen LogP contribution in [-0.2, 0) is 23.9 Å². The summed E-state index contributed by atoms with van der Waals surface area (Å²) in [4.78, 5) is 38.1. The molecule has 9 nitrogen and oxygen atoms in total. The van der Waals surface area contributed by atoms with Crippen LogP contribution in [0.2, 0.25) is 0 Å². The van der Waals surface area contributed by atoms with Gasteiger partial charge in [-0.2, -0.15) is 0 Å². The summed E-state index contributed by atoms with van der Waals surface area (Å²) in [7, 11) is 0. The Labute approximate surface area is 147 Å².